The fraction of sp³-hybridized carbons (Fsp3) is 0.444. The zero-order chi connectivity index (χ0) is 15.5. The molecule has 0 saturated carbocycles. The molecule has 0 radical (unpaired) electrons. The van der Waals surface area contributed by atoms with Crippen LogP contribution in [0.15, 0.2) is 30.3 Å². The lowest BCUT2D eigenvalue weighted by Gasteiger charge is -2.29. The Morgan fingerprint density at radius 2 is 2.09 bits per heavy atom. The molecule has 3 rings (SSSR count). The van der Waals surface area contributed by atoms with E-state index in [-0.39, 0.29) is 0 Å². The summed E-state index contributed by atoms with van der Waals surface area (Å²) in [5.41, 5.74) is 0.924. The van der Waals surface area contributed by atoms with Crippen LogP contribution in [0.4, 0.5) is 0 Å². The Morgan fingerprint density at radius 1 is 1.23 bits per heavy atom. The molecule has 1 N–H and O–H groups in total. The number of phenols is 1. The van der Waals surface area contributed by atoms with Gasteiger partial charge >= 0.3 is 0 Å². The molecule has 1 atom stereocenters. The van der Waals surface area contributed by atoms with E-state index < -0.39 is 0 Å². The molecule has 4 heteroatoms. The van der Waals surface area contributed by atoms with Gasteiger partial charge in [-0.1, -0.05) is 24.4 Å². The van der Waals surface area contributed by atoms with Gasteiger partial charge in [-0.2, -0.15) is 0 Å². The lowest BCUT2D eigenvalue weighted by Crippen LogP contribution is -2.27. The highest BCUT2D eigenvalue weighted by Crippen LogP contribution is 2.36. The third-order valence-corrected chi connectivity index (χ3v) is 5.71. The summed E-state index contributed by atoms with van der Waals surface area (Å²) >= 11 is 7.99. The number of aromatic hydroxyl groups is 1. The van der Waals surface area contributed by atoms with E-state index in [0.29, 0.717) is 16.8 Å². The minimum Gasteiger partial charge on any atom is -0.508 e. The summed E-state index contributed by atoms with van der Waals surface area (Å²) < 4.78 is 0. The van der Waals surface area contributed by atoms with Gasteiger partial charge in [-0.05, 0) is 56.6 Å². The van der Waals surface area contributed by atoms with Crippen molar-refractivity contribution in [2.45, 2.75) is 45.2 Å². The fourth-order valence-corrected chi connectivity index (χ4v) is 4.45. The van der Waals surface area contributed by atoms with Crippen LogP contribution >= 0.6 is 22.9 Å². The van der Waals surface area contributed by atoms with E-state index >= 15 is 0 Å². The average Bonchev–Trinajstić information content (AvgIpc) is 2.78. The second-order valence-corrected chi connectivity index (χ2v) is 7.81. The normalized spacial score (nSPS) is 20.0. The van der Waals surface area contributed by atoms with Gasteiger partial charge < -0.3 is 5.11 Å². The van der Waals surface area contributed by atoms with Crippen LogP contribution in [0.1, 0.15) is 47.0 Å². The Balaban J connectivity index is 1.85. The van der Waals surface area contributed by atoms with Crippen molar-refractivity contribution in [1.29, 1.82) is 0 Å². The van der Waals surface area contributed by atoms with E-state index in [4.69, 9.17) is 11.6 Å². The first-order valence-corrected chi connectivity index (χ1v) is 9.11. The Labute approximate surface area is 141 Å². The monoisotopic (exact) mass is 335 g/mol. The Bertz CT molecular complexity index is 640. The summed E-state index contributed by atoms with van der Waals surface area (Å²) in [6.07, 6.45) is 4.99. The summed E-state index contributed by atoms with van der Waals surface area (Å²) in [5.74, 6) is 0.342. The molecule has 2 heterocycles. The third-order valence-electron chi connectivity index (χ3n) is 4.37. The van der Waals surface area contributed by atoms with Gasteiger partial charge in [0.15, 0.2) is 0 Å². The summed E-state index contributed by atoms with van der Waals surface area (Å²) in [5, 5.41) is 10.8. The first-order chi connectivity index (χ1) is 10.6. The molecule has 1 aliphatic rings. The highest BCUT2D eigenvalue weighted by atomic mass is 35.5. The number of thiophene rings is 1. The second-order valence-electron chi connectivity index (χ2n) is 6.06. The average molecular weight is 336 g/mol. The Hall–Kier alpha value is -1.03. The van der Waals surface area contributed by atoms with E-state index in [2.05, 4.69) is 24.0 Å². The van der Waals surface area contributed by atoms with Crippen LogP contribution in [0, 0.1) is 6.92 Å². The van der Waals surface area contributed by atoms with Gasteiger partial charge in [0.05, 0.1) is 0 Å². The molecule has 0 spiro atoms. The minimum atomic E-state index is 0.342. The van der Waals surface area contributed by atoms with Crippen LogP contribution in [0.25, 0.3) is 0 Å². The molecule has 1 aliphatic heterocycles. The number of phenolic OH excluding ortho intramolecular Hbond substituents is 1. The van der Waals surface area contributed by atoms with Gasteiger partial charge in [0.25, 0.3) is 0 Å². The summed E-state index contributed by atoms with van der Waals surface area (Å²) in [6, 6.07) is 10.3. The molecule has 2 aromatic rings. The minimum absolute atomic E-state index is 0.342. The van der Waals surface area contributed by atoms with Crippen molar-refractivity contribution in [3.63, 3.8) is 0 Å². The van der Waals surface area contributed by atoms with Gasteiger partial charge in [-0.25, -0.2) is 0 Å². The van der Waals surface area contributed by atoms with Crippen molar-refractivity contribution in [3.05, 3.63) is 50.7 Å². The lowest BCUT2D eigenvalue weighted by molar-refractivity contribution is 0.193. The molecule has 0 amide bonds. The Kier molecular flexibility index (Phi) is 5.07. The van der Waals surface area contributed by atoms with Crippen LogP contribution in [0.3, 0.4) is 0 Å². The molecule has 0 unspecified atom stereocenters. The van der Waals surface area contributed by atoms with Gasteiger partial charge in [-0.15, -0.1) is 11.3 Å². The molecule has 1 fully saturated rings. The maximum absolute atomic E-state index is 10.1. The number of hydrogen-bond acceptors (Lipinski definition) is 3. The molecule has 0 aliphatic carbocycles. The number of halogens is 1. The lowest BCUT2D eigenvalue weighted by atomic mass is 10.1. The van der Waals surface area contributed by atoms with E-state index in [1.54, 1.807) is 12.1 Å². The molecule has 2 nitrogen and oxygen atoms in total. The second kappa shape index (κ2) is 7.03. The van der Waals surface area contributed by atoms with E-state index in [1.807, 2.05) is 17.4 Å². The van der Waals surface area contributed by atoms with E-state index in [1.165, 1.54) is 35.4 Å². The van der Waals surface area contributed by atoms with Crippen molar-refractivity contribution in [2.24, 2.45) is 0 Å². The predicted molar refractivity (Wildman–Crippen MR) is 93.8 cm³/mol. The zero-order valence-corrected chi connectivity index (χ0v) is 14.5. The SMILES string of the molecule is Cc1ccc([C@@H]2CCCCCN2Cc2cc(Cl)ccc2O)s1. The largest absolute Gasteiger partial charge is 0.508 e. The summed E-state index contributed by atoms with van der Waals surface area (Å²) in [6.45, 7) is 4.00. The molecule has 1 aromatic carbocycles. The predicted octanol–water partition coefficient (Wildman–Crippen LogP) is 5.53. The first-order valence-electron chi connectivity index (χ1n) is 7.91. The first kappa shape index (κ1) is 15.9. The van der Waals surface area contributed by atoms with E-state index in [9.17, 15) is 5.11 Å². The van der Waals surface area contributed by atoms with Crippen molar-refractivity contribution in [3.8, 4) is 5.75 Å². The summed E-state index contributed by atoms with van der Waals surface area (Å²) in [4.78, 5) is 5.31. The molecule has 118 valence electrons. The number of likely N-dealkylation sites (tertiary alicyclic amines) is 1. The zero-order valence-electron chi connectivity index (χ0n) is 12.9. The molecule has 22 heavy (non-hydrogen) atoms. The number of aryl methyl sites for hydroxylation is 1. The highest BCUT2D eigenvalue weighted by molar-refractivity contribution is 7.12. The van der Waals surface area contributed by atoms with Gasteiger partial charge in [-0.3, -0.25) is 4.90 Å². The molecular weight excluding hydrogens is 314 g/mol. The molecule has 0 bridgehead atoms. The van der Waals surface area contributed by atoms with Gasteiger partial charge in [0, 0.05) is 32.9 Å². The fourth-order valence-electron chi connectivity index (χ4n) is 3.21. The van der Waals surface area contributed by atoms with Crippen LogP contribution in [-0.4, -0.2) is 16.6 Å². The van der Waals surface area contributed by atoms with Crippen LogP contribution in [0.5, 0.6) is 5.75 Å². The maximum Gasteiger partial charge on any atom is 0.120 e. The van der Waals surface area contributed by atoms with Gasteiger partial charge in [0.2, 0.25) is 0 Å². The standard InChI is InChI=1S/C18H22ClNOS/c1-13-6-9-18(22-13)16-5-3-2-4-10-20(16)12-14-11-15(19)7-8-17(14)21/h6-9,11,16,21H,2-5,10,12H2,1H3/t16-/m0/s1. The number of nitrogens with zero attached hydrogens (tertiary/aromatic N) is 1. The highest BCUT2D eigenvalue weighted by Gasteiger charge is 2.24. The van der Waals surface area contributed by atoms with Crippen LogP contribution in [0.2, 0.25) is 5.02 Å². The topological polar surface area (TPSA) is 23.5 Å². The molecule has 1 saturated heterocycles. The molecular formula is C18H22ClNOS. The smallest absolute Gasteiger partial charge is 0.120 e. The third kappa shape index (κ3) is 3.65. The van der Waals surface area contributed by atoms with Gasteiger partial charge in [0.1, 0.15) is 5.75 Å². The van der Waals surface area contributed by atoms with Crippen molar-refractivity contribution < 1.29 is 5.11 Å². The van der Waals surface area contributed by atoms with E-state index in [0.717, 1.165) is 18.7 Å². The quantitative estimate of drug-likeness (QED) is 0.796. The number of benzene rings is 1. The van der Waals surface area contributed by atoms with Crippen LogP contribution < -0.4 is 0 Å². The number of hydrogen-bond donors (Lipinski definition) is 1. The molecule has 1 aromatic heterocycles. The van der Waals surface area contributed by atoms with Crippen molar-refractivity contribution >= 4 is 22.9 Å². The number of rotatable bonds is 3. The van der Waals surface area contributed by atoms with Crippen LogP contribution in [-0.2, 0) is 6.54 Å². The van der Waals surface area contributed by atoms with Crippen molar-refractivity contribution in [1.82, 2.24) is 4.90 Å². The van der Waals surface area contributed by atoms with Crippen molar-refractivity contribution in [2.75, 3.05) is 6.54 Å². The summed E-state index contributed by atoms with van der Waals surface area (Å²) in [7, 11) is 0. The maximum atomic E-state index is 10.1. The Morgan fingerprint density at radius 3 is 2.86 bits per heavy atom.